The highest BCUT2D eigenvalue weighted by atomic mass is 35.5. The van der Waals surface area contributed by atoms with Gasteiger partial charge in [-0.25, -0.2) is 0 Å². The first-order valence-electron chi connectivity index (χ1n) is 5.90. The molecule has 2 rings (SSSR count). The van der Waals surface area contributed by atoms with Gasteiger partial charge in [0.25, 0.3) is 0 Å². The average molecular weight is 300 g/mol. The fraction of sp³-hybridized carbons (Fsp3) is 0.286. The van der Waals surface area contributed by atoms with Crippen LogP contribution < -0.4 is 10.5 Å². The Labute approximate surface area is 122 Å². The molecule has 0 amide bonds. The van der Waals surface area contributed by atoms with Gasteiger partial charge in [-0.1, -0.05) is 23.2 Å². The molecule has 2 N–H and O–H groups in total. The first-order chi connectivity index (χ1) is 8.95. The fourth-order valence-electron chi connectivity index (χ4n) is 1.77. The molecule has 2 atom stereocenters. The first kappa shape index (κ1) is 14.3. The van der Waals surface area contributed by atoms with Gasteiger partial charge in [-0.3, -0.25) is 0 Å². The van der Waals surface area contributed by atoms with Gasteiger partial charge in [-0.15, -0.1) is 0 Å². The van der Waals surface area contributed by atoms with E-state index in [-0.39, 0.29) is 12.1 Å². The Morgan fingerprint density at radius 3 is 2.26 bits per heavy atom. The van der Waals surface area contributed by atoms with Crippen LogP contribution >= 0.6 is 23.2 Å². The number of nitrogens with two attached hydrogens (primary N) is 1. The van der Waals surface area contributed by atoms with Crippen LogP contribution in [0, 0.1) is 6.92 Å². The van der Waals surface area contributed by atoms with Gasteiger partial charge in [0.15, 0.2) is 6.10 Å². The highest BCUT2D eigenvalue weighted by molar-refractivity contribution is 6.34. The second kappa shape index (κ2) is 5.87. The summed E-state index contributed by atoms with van der Waals surface area (Å²) >= 11 is 11.9. The molecule has 0 aliphatic heterocycles. The highest BCUT2D eigenvalue weighted by Crippen LogP contribution is 2.30. The Bertz CT molecular complexity index is 546. The number of aryl methyl sites for hydroxylation is 1. The van der Waals surface area contributed by atoms with Gasteiger partial charge in [0.1, 0.15) is 17.3 Å². The molecule has 0 aliphatic carbocycles. The summed E-state index contributed by atoms with van der Waals surface area (Å²) in [5.41, 5.74) is 5.95. The van der Waals surface area contributed by atoms with Crippen molar-refractivity contribution in [2.24, 2.45) is 5.73 Å². The average Bonchev–Trinajstić information content (AvgIpc) is 2.70. The summed E-state index contributed by atoms with van der Waals surface area (Å²) in [4.78, 5) is 0. The lowest BCUT2D eigenvalue weighted by Gasteiger charge is -2.20. The molecular weight excluding hydrogens is 285 g/mol. The monoisotopic (exact) mass is 299 g/mol. The maximum atomic E-state index is 5.95. The maximum Gasteiger partial charge on any atom is 0.171 e. The minimum Gasteiger partial charge on any atom is -0.481 e. The number of ether oxygens (including phenoxy) is 1. The van der Waals surface area contributed by atoms with Crippen LogP contribution in [0.5, 0.6) is 5.75 Å². The normalized spacial score (nSPS) is 14.2. The Hall–Kier alpha value is -1.16. The molecule has 0 fully saturated rings. The van der Waals surface area contributed by atoms with Gasteiger partial charge >= 0.3 is 0 Å². The predicted octanol–water partition coefficient (Wildman–Crippen LogP) is 4.36. The molecule has 102 valence electrons. The van der Waals surface area contributed by atoms with Crippen molar-refractivity contribution in [1.82, 2.24) is 0 Å². The number of furan rings is 1. The van der Waals surface area contributed by atoms with E-state index in [0.717, 1.165) is 5.76 Å². The fourth-order valence-corrected chi connectivity index (χ4v) is 2.28. The molecule has 5 heteroatoms. The third kappa shape index (κ3) is 3.66. The maximum absolute atomic E-state index is 5.95. The van der Waals surface area contributed by atoms with Crippen LogP contribution in [0.4, 0.5) is 0 Å². The van der Waals surface area contributed by atoms with Gasteiger partial charge in [-0.2, -0.15) is 0 Å². The Balaban J connectivity index is 2.26. The van der Waals surface area contributed by atoms with E-state index in [4.69, 9.17) is 38.1 Å². The number of halogens is 2. The zero-order valence-corrected chi connectivity index (χ0v) is 12.2. The number of rotatable bonds is 4. The van der Waals surface area contributed by atoms with Crippen molar-refractivity contribution in [2.45, 2.75) is 26.0 Å². The number of hydrogen-bond donors (Lipinski definition) is 1. The minimum absolute atomic E-state index is 0.233. The molecule has 1 aromatic heterocycles. The van der Waals surface area contributed by atoms with Crippen LogP contribution in [0.2, 0.25) is 10.0 Å². The summed E-state index contributed by atoms with van der Waals surface area (Å²) in [6.07, 6.45) is -0.386. The molecule has 3 nitrogen and oxygen atoms in total. The summed E-state index contributed by atoms with van der Waals surface area (Å²) in [5, 5.41) is 1.03. The van der Waals surface area contributed by atoms with Crippen molar-refractivity contribution >= 4 is 23.2 Å². The third-order valence-electron chi connectivity index (χ3n) is 2.62. The second-order valence-corrected chi connectivity index (χ2v) is 5.32. The lowest BCUT2D eigenvalue weighted by atomic mass is 10.1. The number of hydrogen-bond acceptors (Lipinski definition) is 3. The van der Waals surface area contributed by atoms with Crippen LogP contribution in [-0.2, 0) is 0 Å². The highest BCUT2D eigenvalue weighted by Gasteiger charge is 2.22. The summed E-state index contributed by atoms with van der Waals surface area (Å²) in [5.74, 6) is 2.06. The summed E-state index contributed by atoms with van der Waals surface area (Å²) in [6, 6.07) is 8.53. The van der Waals surface area contributed by atoms with Crippen LogP contribution in [0.3, 0.4) is 0 Å². The quantitative estimate of drug-likeness (QED) is 0.912. The van der Waals surface area contributed by atoms with Gasteiger partial charge in [-0.05, 0) is 44.2 Å². The lowest BCUT2D eigenvalue weighted by Crippen LogP contribution is -2.28. The van der Waals surface area contributed by atoms with Gasteiger partial charge in [0.2, 0.25) is 0 Å². The molecule has 0 aliphatic rings. The molecule has 2 unspecified atom stereocenters. The van der Waals surface area contributed by atoms with Crippen LogP contribution in [0.1, 0.15) is 24.5 Å². The lowest BCUT2D eigenvalue weighted by molar-refractivity contribution is 0.152. The van der Waals surface area contributed by atoms with E-state index in [2.05, 4.69) is 0 Å². The SMILES string of the molecule is Cc1ccc(C(Oc2cc(Cl)cc(Cl)c2)C(C)N)o1. The Morgan fingerprint density at radius 2 is 1.79 bits per heavy atom. The Morgan fingerprint density at radius 1 is 1.16 bits per heavy atom. The molecule has 0 saturated carbocycles. The minimum atomic E-state index is -0.386. The molecule has 2 aromatic rings. The topological polar surface area (TPSA) is 48.4 Å². The van der Waals surface area contributed by atoms with E-state index in [9.17, 15) is 0 Å². The molecule has 0 spiro atoms. The molecule has 19 heavy (non-hydrogen) atoms. The summed E-state index contributed by atoms with van der Waals surface area (Å²) < 4.78 is 11.4. The smallest absolute Gasteiger partial charge is 0.171 e. The van der Waals surface area contributed by atoms with E-state index < -0.39 is 0 Å². The van der Waals surface area contributed by atoms with Crippen molar-refractivity contribution in [3.05, 3.63) is 51.9 Å². The van der Waals surface area contributed by atoms with E-state index in [1.54, 1.807) is 18.2 Å². The zero-order chi connectivity index (χ0) is 14.0. The molecule has 0 saturated heterocycles. The molecule has 0 bridgehead atoms. The number of benzene rings is 1. The molecular formula is C14H15Cl2NO2. The van der Waals surface area contributed by atoms with Crippen LogP contribution in [0.25, 0.3) is 0 Å². The van der Waals surface area contributed by atoms with E-state index >= 15 is 0 Å². The molecule has 1 aromatic carbocycles. The van der Waals surface area contributed by atoms with Crippen molar-refractivity contribution in [2.75, 3.05) is 0 Å². The predicted molar refractivity (Wildman–Crippen MR) is 76.9 cm³/mol. The second-order valence-electron chi connectivity index (χ2n) is 4.45. The van der Waals surface area contributed by atoms with Gasteiger partial charge in [0, 0.05) is 16.1 Å². The van der Waals surface area contributed by atoms with E-state index in [1.807, 2.05) is 26.0 Å². The Kier molecular flexibility index (Phi) is 4.40. The van der Waals surface area contributed by atoms with Crippen molar-refractivity contribution in [3.8, 4) is 5.75 Å². The summed E-state index contributed by atoms with van der Waals surface area (Å²) in [7, 11) is 0. The zero-order valence-electron chi connectivity index (χ0n) is 10.7. The standard InChI is InChI=1S/C14H15Cl2NO2/c1-8-3-4-13(18-8)14(9(2)17)19-12-6-10(15)5-11(16)7-12/h3-7,9,14H,17H2,1-2H3. The molecule has 0 radical (unpaired) electrons. The van der Waals surface area contributed by atoms with Crippen molar-refractivity contribution in [3.63, 3.8) is 0 Å². The van der Waals surface area contributed by atoms with Gasteiger partial charge < -0.3 is 14.9 Å². The largest absolute Gasteiger partial charge is 0.481 e. The van der Waals surface area contributed by atoms with E-state index in [0.29, 0.717) is 21.6 Å². The van der Waals surface area contributed by atoms with Gasteiger partial charge in [0.05, 0.1) is 0 Å². The van der Waals surface area contributed by atoms with Crippen LogP contribution in [0.15, 0.2) is 34.7 Å². The molecule has 1 heterocycles. The van der Waals surface area contributed by atoms with E-state index in [1.165, 1.54) is 0 Å². The van der Waals surface area contributed by atoms with Crippen LogP contribution in [-0.4, -0.2) is 6.04 Å². The first-order valence-corrected chi connectivity index (χ1v) is 6.66. The summed E-state index contributed by atoms with van der Waals surface area (Å²) in [6.45, 7) is 3.73. The van der Waals surface area contributed by atoms with Crippen molar-refractivity contribution < 1.29 is 9.15 Å². The van der Waals surface area contributed by atoms with Crippen molar-refractivity contribution in [1.29, 1.82) is 0 Å². The third-order valence-corrected chi connectivity index (χ3v) is 3.05.